The van der Waals surface area contributed by atoms with Crippen molar-refractivity contribution in [3.8, 4) is 5.75 Å². The van der Waals surface area contributed by atoms with Crippen LogP contribution in [0.25, 0.3) is 0 Å². The molecule has 0 aliphatic rings. The Morgan fingerprint density at radius 1 is 0.969 bits per heavy atom. The van der Waals surface area contributed by atoms with E-state index < -0.39 is 12.0 Å². The standard InChI is InChI=1S/C25H34N2O4S/c1-4-5-6-7-8-9-10-17-31-21-14-12-20(13-15-21)27(25(26)29)22-18-19(24(28)30-2)11-16-23(22)32-3/h11-16,18H,4-10,17H2,1-3H3,(H2,26,29). The van der Waals surface area contributed by atoms with E-state index in [2.05, 4.69) is 6.92 Å². The van der Waals surface area contributed by atoms with Gasteiger partial charge in [0.1, 0.15) is 5.75 Å². The summed E-state index contributed by atoms with van der Waals surface area (Å²) in [7, 11) is 1.32. The third-order valence-corrected chi connectivity index (χ3v) is 5.96. The summed E-state index contributed by atoms with van der Waals surface area (Å²) >= 11 is 1.46. The number of hydrogen-bond donors (Lipinski definition) is 1. The van der Waals surface area contributed by atoms with Crippen LogP contribution in [-0.2, 0) is 4.74 Å². The summed E-state index contributed by atoms with van der Waals surface area (Å²) in [6, 6.07) is 11.7. The number of benzene rings is 2. The number of anilines is 2. The second-order valence-electron chi connectivity index (χ2n) is 7.52. The average Bonchev–Trinajstić information content (AvgIpc) is 2.81. The molecule has 0 unspecified atom stereocenters. The monoisotopic (exact) mass is 458 g/mol. The van der Waals surface area contributed by atoms with Gasteiger partial charge in [0.05, 0.1) is 30.7 Å². The van der Waals surface area contributed by atoms with E-state index >= 15 is 0 Å². The first-order chi connectivity index (χ1) is 15.5. The van der Waals surface area contributed by atoms with E-state index in [1.807, 2.05) is 18.4 Å². The van der Waals surface area contributed by atoms with Gasteiger partial charge in [-0.25, -0.2) is 9.59 Å². The van der Waals surface area contributed by atoms with Crippen LogP contribution in [0.2, 0.25) is 0 Å². The quantitative estimate of drug-likeness (QED) is 0.209. The van der Waals surface area contributed by atoms with E-state index in [1.54, 1.807) is 30.3 Å². The minimum atomic E-state index is -0.640. The SMILES string of the molecule is CCCCCCCCCOc1ccc(N(C(N)=O)c2cc(C(=O)OC)ccc2SC)cc1. The molecule has 0 heterocycles. The number of ether oxygens (including phenoxy) is 2. The van der Waals surface area contributed by atoms with Crippen molar-refractivity contribution in [3.05, 3.63) is 48.0 Å². The van der Waals surface area contributed by atoms with Gasteiger partial charge in [0.25, 0.3) is 0 Å². The molecule has 0 atom stereocenters. The molecule has 0 saturated heterocycles. The van der Waals surface area contributed by atoms with Gasteiger partial charge >= 0.3 is 12.0 Å². The van der Waals surface area contributed by atoms with E-state index in [1.165, 1.54) is 62.3 Å². The molecule has 0 saturated carbocycles. The summed E-state index contributed by atoms with van der Waals surface area (Å²) < 4.78 is 10.7. The van der Waals surface area contributed by atoms with Crippen LogP contribution in [0.15, 0.2) is 47.4 Å². The lowest BCUT2D eigenvalue weighted by Gasteiger charge is -2.23. The summed E-state index contributed by atoms with van der Waals surface area (Å²) in [6.07, 6.45) is 10.5. The summed E-state index contributed by atoms with van der Waals surface area (Å²) in [5.74, 6) is 0.273. The largest absolute Gasteiger partial charge is 0.494 e. The number of thioether (sulfide) groups is 1. The molecule has 7 heteroatoms. The second-order valence-corrected chi connectivity index (χ2v) is 8.36. The number of carbonyl (C=O) groups excluding carboxylic acids is 2. The highest BCUT2D eigenvalue weighted by Gasteiger charge is 2.20. The van der Waals surface area contributed by atoms with Gasteiger partial charge < -0.3 is 15.2 Å². The average molecular weight is 459 g/mol. The zero-order chi connectivity index (χ0) is 23.3. The highest BCUT2D eigenvalue weighted by molar-refractivity contribution is 7.98. The van der Waals surface area contributed by atoms with Crippen LogP contribution in [0.4, 0.5) is 16.2 Å². The molecule has 2 aromatic carbocycles. The van der Waals surface area contributed by atoms with Crippen LogP contribution in [-0.4, -0.2) is 32.0 Å². The first-order valence-electron chi connectivity index (χ1n) is 11.1. The van der Waals surface area contributed by atoms with Gasteiger partial charge in [-0.15, -0.1) is 11.8 Å². The van der Waals surface area contributed by atoms with Crippen molar-refractivity contribution in [2.24, 2.45) is 5.73 Å². The van der Waals surface area contributed by atoms with Gasteiger partial charge in [0.2, 0.25) is 0 Å². The van der Waals surface area contributed by atoms with Crippen LogP contribution in [0.1, 0.15) is 62.2 Å². The molecule has 0 bridgehead atoms. The molecule has 0 aliphatic carbocycles. The molecular formula is C25H34N2O4S. The van der Waals surface area contributed by atoms with E-state index in [4.69, 9.17) is 15.2 Å². The molecule has 0 fully saturated rings. The van der Waals surface area contributed by atoms with Crippen molar-refractivity contribution in [2.75, 3.05) is 24.9 Å². The highest BCUT2D eigenvalue weighted by atomic mass is 32.2. The Morgan fingerprint density at radius 3 is 2.22 bits per heavy atom. The van der Waals surface area contributed by atoms with Gasteiger partial charge in [-0.2, -0.15) is 0 Å². The predicted molar refractivity (Wildman–Crippen MR) is 131 cm³/mol. The van der Waals surface area contributed by atoms with Crippen LogP contribution in [0, 0.1) is 0 Å². The molecule has 0 aromatic heterocycles. The lowest BCUT2D eigenvalue weighted by molar-refractivity contribution is 0.0600. The third kappa shape index (κ3) is 7.48. The molecule has 2 N–H and O–H groups in total. The van der Waals surface area contributed by atoms with Crippen LogP contribution >= 0.6 is 11.8 Å². The predicted octanol–water partition coefficient (Wildman–Crippen LogP) is 6.54. The summed E-state index contributed by atoms with van der Waals surface area (Å²) in [5.41, 5.74) is 7.18. The van der Waals surface area contributed by atoms with Gasteiger partial charge in [0.15, 0.2) is 0 Å². The van der Waals surface area contributed by atoms with Crippen molar-refractivity contribution in [1.82, 2.24) is 0 Å². The lowest BCUT2D eigenvalue weighted by atomic mass is 10.1. The number of amides is 2. The van der Waals surface area contributed by atoms with Crippen molar-refractivity contribution >= 4 is 35.1 Å². The Balaban J connectivity index is 2.06. The second kappa shape index (κ2) is 13.7. The molecule has 0 radical (unpaired) electrons. The lowest BCUT2D eigenvalue weighted by Crippen LogP contribution is -2.32. The van der Waals surface area contributed by atoms with Gasteiger partial charge in [-0.3, -0.25) is 4.90 Å². The number of primary amides is 1. The Kier molecular flexibility index (Phi) is 10.9. The van der Waals surface area contributed by atoms with Gasteiger partial charge in [0, 0.05) is 4.90 Å². The number of nitrogens with two attached hydrogens (primary N) is 1. The zero-order valence-corrected chi connectivity index (χ0v) is 20.1. The van der Waals surface area contributed by atoms with Crippen molar-refractivity contribution in [2.45, 2.75) is 56.8 Å². The number of nitrogens with zero attached hydrogens (tertiary/aromatic N) is 1. The van der Waals surface area contributed by atoms with E-state index in [-0.39, 0.29) is 0 Å². The van der Waals surface area contributed by atoms with Crippen molar-refractivity contribution in [1.29, 1.82) is 0 Å². The smallest absolute Gasteiger partial charge is 0.337 e. The number of urea groups is 1. The molecular weight excluding hydrogens is 424 g/mol. The Morgan fingerprint density at radius 2 is 1.62 bits per heavy atom. The Hall–Kier alpha value is -2.67. The van der Waals surface area contributed by atoms with E-state index in [9.17, 15) is 9.59 Å². The van der Waals surface area contributed by atoms with E-state index in [0.29, 0.717) is 23.5 Å². The maximum absolute atomic E-state index is 12.3. The minimum Gasteiger partial charge on any atom is -0.494 e. The molecule has 6 nitrogen and oxygen atoms in total. The van der Waals surface area contributed by atoms with Crippen LogP contribution < -0.4 is 15.4 Å². The minimum absolute atomic E-state index is 0.348. The maximum Gasteiger partial charge on any atom is 0.337 e. The first-order valence-corrected chi connectivity index (χ1v) is 12.3. The van der Waals surface area contributed by atoms with Gasteiger partial charge in [-0.05, 0) is 55.1 Å². The van der Waals surface area contributed by atoms with Crippen LogP contribution in [0.5, 0.6) is 5.75 Å². The normalized spacial score (nSPS) is 10.6. The summed E-state index contributed by atoms with van der Waals surface area (Å²) in [6.45, 7) is 2.90. The number of carbonyl (C=O) groups is 2. The number of unbranched alkanes of at least 4 members (excludes halogenated alkanes) is 6. The molecule has 32 heavy (non-hydrogen) atoms. The summed E-state index contributed by atoms with van der Waals surface area (Å²) in [5, 5.41) is 0. The van der Waals surface area contributed by atoms with Gasteiger partial charge in [-0.1, -0.05) is 45.4 Å². The molecule has 0 aliphatic heterocycles. The van der Waals surface area contributed by atoms with Crippen LogP contribution in [0.3, 0.4) is 0 Å². The molecule has 2 aromatic rings. The number of hydrogen-bond acceptors (Lipinski definition) is 5. The van der Waals surface area contributed by atoms with E-state index in [0.717, 1.165) is 17.1 Å². The molecule has 2 rings (SSSR count). The fraction of sp³-hybridized carbons (Fsp3) is 0.440. The highest BCUT2D eigenvalue weighted by Crippen LogP contribution is 2.35. The number of methoxy groups -OCH3 is 1. The first kappa shape index (κ1) is 25.6. The zero-order valence-electron chi connectivity index (χ0n) is 19.3. The topological polar surface area (TPSA) is 81.9 Å². The number of esters is 1. The molecule has 0 spiro atoms. The third-order valence-electron chi connectivity index (χ3n) is 5.17. The maximum atomic E-state index is 12.3. The molecule has 2 amide bonds. The van der Waals surface area contributed by atoms with Crippen molar-refractivity contribution in [3.63, 3.8) is 0 Å². The van der Waals surface area contributed by atoms with Crippen molar-refractivity contribution < 1.29 is 19.1 Å². The summed E-state index contributed by atoms with van der Waals surface area (Å²) in [4.78, 5) is 26.5. The molecule has 174 valence electrons. The number of rotatable bonds is 13. The Labute approximate surface area is 195 Å². The fourth-order valence-corrected chi connectivity index (χ4v) is 4.00. The Bertz CT molecular complexity index is 871. The fourth-order valence-electron chi connectivity index (χ4n) is 3.44.